The fourth-order valence-corrected chi connectivity index (χ4v) is 2.54. The molecule has 0 aliphatic rings. The first-order chi connectivity index (χ1) is 7.31. The Kier molecular flexibility index (Phi) is 3.38. The van der Waals surface area contributed by atoms with Crippen LogP contribution in [0.2, 0.25) is 0 Å². The summed E-state index contributed by atoms with van der Waals surface area (Å²) < 4.78 is 6.58. The van der Waals surface area contributed by atoms with Crippen molar-refractivity contribution in [1.82, 2.24) is 4.98 Å². The minimum atomic E-state index is 0.670. The van der Waals surface area contributed by atoms with Gasteiger partial charge in [0.05, 0.1) is 22.2 Å². The molecule has 4 heteroatoms. The van der Waals surface area contributed by atoms with Gasteiger partial charge in [0, 0.05) is 0 Å². The number of para-hydroxylation sites is 1. The fraction of sp³-hybridized carbons (Fsp3) is 0.182. The second kappa shape index (κ2) is 4.77. The van der Waals surface area contributed by atoms with E-state index in [0.29, 0.717) is 6.61 Å². The minimum absolute atomic E-state index is 0.670. The SMILES string of the molecule is CCOc1ccccc1-c1ncc(Br)s1. The fourth-order valence-electron chi connectivity index (χ4n) is 1.30. The molecule has 15 heavy (non-hydrogen) atoms. The second-order valence-corrected chi connectivity index (χ2v) is 5.31. The van der Waals surface area contributed by atoms with E-state index in [4.69, 9.17) is 4.74 Å². The Bertz CT molecular complexity index is 455. The van der Waals surface area contributed by atoms with Gasteiger partial charge in [-0.3, -0.25) is 0 Å². The van der Waals surface area contributed by atoms with Crippen LogP contribution in [-0.2, 0) is 0 Å². The maximum atomic E-state index is 5.55. The number of nitrogens with zero attached hydrogens (tertiary/aromatic N) is 1. The molecule has 0 aliphatic heterocycles. The molecule has 2 aromatic rings. The molecule has 0 spiro atoms. The summed E-state index contributed by atoms with van der Waals surface area (Å²) in [5.41, 5.74) is 1.05. The average molecular weight is 284 g/mol. The number of hydrogen-bond acceptors (Lipinski definition) is 3. The predicted molar refractivity (Wildman–Crippen MR) is 66.4 cm³/mol. The van der Waals surface area contributed by atoms with E-state index >= 15 is 0 Å². The van der Waals surface area contributed by atoms with Crippen molar-refractivity contribution in [3.63, 3.8) is 0 Å². The summed E-state index contributed by atoms with van der Waals surface area (Å²) in [6, 6.07) is 7.95. The van der Waals surface area contributed by atoms with Crippen molar-refractivity contribution >= 4 is 27.3 Å². The normalized spacial score (nSPS) is 10.3. The van der Waals surface area contributed by atoms with Gasteiger partial charge in [-0.1, -0.05) is 12.1 Å². The zero-order valence-electron chi connectivity index (χ0n) is 8.24. The molecular formula is C11H10BrNOS. The van der Waals surface area contributed by atoms with E-state index in [0.717, 1.165) is 20.1 Å². The number of thiazole rings is 1. The Balaban J connectivity index is 2.42. The molecule has 2 nitrogen and oxygen atoms in total. The highest BCUT2D eigenvalue weighted by Crippen LogP contribution is 2.34. The summed E-state index contributed by atoms with van der Waals surface area (Å²) in [5.74, 6) is 0.891. The maximum absolute atomic E-state index is 5.55. The molecule has 0 bridgehead atoms. The van der Waals surface area contributed by atoms with Gasteiger partial charge in [-0.05, 0) is 35.0 Å². The lowest BCUT2D eigenvalue weighted by Crippen LogP contribution is -1.93. The number of halogens is 1. The average Bonchev–Trinajstić information content (AvgIpc) is 2.66. The molecular weight excluding hydrogens is 274 g/mol. The van der Waals surface area contributed by atoms with Gasteiger partial charge in [0.15, 0.2) is 0 Å². The highest BCUT2D eigenvalue weighted by atomic mass is 79.9. The number of aromatic nitrogens is 1. The summed E-state index contributed by atoms with van der Waals surface area (Å²) in [6.45, 7) is 2.65. The van der Waals surface area contributed by atoms with Gasteiger partial charge >= 0.3 is 0 Å². The lowest BCUT2D eigenvalue weighted by molar-refractivity contribution is 0.341. The molecule has 0 atom stereocenters. The molecule has 78 valence electrons. The van der Waals surface area contributed by atoms with Crippen molar-refractivity contribution < 1.29 is 4.74 Å². The van der Waals surface area contributed by atoms with E-state index in [9.17, 15) is 0 Å². The Labute approximate surface area is 101 Å². The first-order valence-electron chi connectivity index (χ1n) is 4.64. The highest BCUT2D eigenvalue weighted by Gasteiger charge is 2.08. The van der Waals surface area contributed by atoms with E-state index < -0.39 is 0 Å². The van der Waals surface area contributed by atoms with Crippen LogP contribution in [0.1, 0.15) is 6.92 Å². The third-order valence-corrected chi connectivity index (χ3v) is 3.40. The molecule has 0 saturated heterocycles. The van der Waals surface area contributed by atoms with Crippen LogP contribution in [0, 0.1) is 0 Å². The van der Waals surface area contributed by atoms with Gasteiger partial charge in [0.2, 0.25) is 0 Å². The molecule has 0 aliphatic carbocycles. The van der Waals surface area contributed by atoms with E-state index in [1.165, 1.54) is 0 Å². The van der Waals surface area contributed by atoms with Gasteiger partial charge in [-0.2, -0.15) is 0 Å². The Hall–Kier alpha value is -0.870. The van der Waals surface area contributed by atoms with Crippen LogP contribution in [0.4, 0.5) is 0 Å². The van der Waals surface area contributed by atoms with Crippen LogP contribution in [-0.4, -0.2) is 11.6 Å². The van der Waals surface area contributed by atoms with Crippen LogP contribution in [0.3, 0.4) is 0 Å². The lowest BCUT2D eigenvalue weighted by atomic mass is 10.2. The van der Waals surface area contributed by atoms with E-state index in [-0.39, 0.29) is 0 Å². The van der Waals surface area contributed by atoms with Crippen molar-refractivity contribution in [1.29, 1.82) is 0 Å². The van der Waals surface area contributed by atoms with Crippen LogP contribution < -0.4 is 4.74 Å². The van der Waals surface area contributed by atoms with Gasteiger partial charge < -0.3 is 4.74 Å². The summed E-state index contributed by atoms with van der Waals surface area (Å²) in [5, 5.41) is 0.978. The maximum Gasteiger partial charge on any atom is 0.129 e. The predicted octanol–water partition coefficient (Wildman–Crippen LogP) is 3.97. The summed E-state index contributed by atoms with van der Waals surface area (Å²) in [6.07, 6.45) is 1.81. The molecule has 0 saturated carbocycles. The largest absolute Gasteiger partial charge is 0.493 e. The number of hydrogen-bond donors (Lipinski definition) is 0. The van der Waals surface area contributed by atoms with Crippen molar-refractivity contribution in [2.75, 3.05) is 6.61 Å². The number of ether oxygens (including phenoxy) is 1. The molecule has 0 radical (unpaired) electrons. The zero-order valence-corrected chi connectivity index (χ0v) is 10.6. The van der Waals surface area contributed by atoms with Crippen molar-refractivity contribution in [2.45, 2.75) is 6.92 Å². The molecule has 0 amide bonds. The first kappa shape index (κ1) is 10.6. The highest BCUT2D eigenvalue weighted by molar-refractivity contribution is 9.11. The van der Waals surface area contributed by atoms with Crippen LogP contribution >= 0.6 is 27.3 Å². The quantitative estimate of drug-likeness (QED) is 0.850. The number of benzene rings is 1. The molecule has 1 heterocycles. The second-order valence-electron chi connectivity index (χ2n) is 2.90. The third kappa shape index (κ3) is 2.38. The minimum Gasteiger partial charge on any atom is -0.493 e. The van der Waals surface area contributed by atoms with E-state index in [1.54, 1.807) is 11.3 Å². The summed E-state index contributed by atoms with van der Waals surface area (Å²) in [4.78, 5) is 4.32. The Morgan fingerprint density at radius 3 is 2.87 bits per heavy atom. The van der Waals surface area contributed by atoms with Gasteiger partial charge in [0.1, 0.15) is 10.8 Å². The van der Waals surface area contributed by atoms with Crippen molar-refractivity contribution in [3.05, 3.63) is 34.2 Å². The van der Waals surface area contributed by atoms with Crippen molar-refractivity contribution in [2.24, 2.45) is 0 Å². The zero-order chi connectivity index (χ0) is 10.7. The summed E-state index contributed by atoms with van der Waals surface area (Å²) >= 11 is 5.01. The van der Waals surface area contributed by atoms with Crippen LogP contribution in [0.25, 0.3) is 10.6 Å². The van der Waals surface area contributed by atoms with Gasteiger partial charge in [-0.15, -0.1) is 11.3 Å². The van der Waals surface area contributed by atoms with Gasteiger partial charge in [-0.25, -0.2) is 4.98 Å². The van der Waals surface area contributed by atoms with E-state index in [2.05, 4.69) is 20.9 Å². The third-order valence-electron chi connectivity index (χ3n) is 1.89. The lowest BCUT2D eigenvalue weighted by Gasteiger charge is -2.06. The Morgan fingerprint density at radius 2 is 2.20 bits per heavy atom. The topological polar surface area (TPSA) is 22.1 Å². The molecule has 0 N–H and O–H groups in total. The summed E-state index contributed by atoms with van der Waals surface area (Å²) in [7, 11) is 0. The monoisotopic (exact) mass is 283 g/mol. The van der Waals surface area contributed by atoms with Gasteiger partial charge in [0.25, 0.3) is 0 Å². The molecule has 0 fully saturated rings. The molecule has 1 aromatic heterocycles. The van der Waals surface area contributed by atoms with Crippen molar-refractivity contribution in [3.8, 4) is 16.3 Å². The number of rotatable bonds is 3. The molecule has 1 aromatic carbocycles. The standard InChI is InChI=1S/C11H10BrNOS/c1-2-14-9-6-4-3-5-8(9)11-13-7-10(12)15-11/h3-7H,2H2,1H3. The van der Waals surface area contributed by atoms with Crippen LogP contribution in [0.15, 0.2) is 34.2 Å². The Morgan fingerprint density at radius 1 is 1.40 bits per heavy atom. The smallest absolute Gasteiger partial charge is 0.129 e. The molecule has 2 rings (SSSR count). The molecule has 0 unspecified atom stereocenters. The van der Waals surface area contributed by atoms with Crippen LogP contribution in [0.5, 0.6) is 5.75 Å². The first-order valence-corrected chi connectivity index (χ1v) is 6.25. The van der Waals surface area contributed by atoms with E-state index in [1.807, 2.05) is 37.4 Å².